The number of para-hydroxylation sites is 2. The highest BCUT2D eigenvalue weighted by Gasteiger charge is 2.27. The minimum atomic E-state index is -0.192. The molecule has 28 heavy (non-hydrogen) atoms. The normalized spacial score (nSPS) is 19.8. The molecule has 1 fully saturated rings. The van der Waals surface area contributed by atoms with Gasteiger partial charge in [-0.1, -0.05) is 42.5 Å². The fraction of sp³-hybridized carbons (Fsp3) is 0.318. The van der Waals surface area contributed by atoms with Crippen molar-refractivity contribution in [2.24, 2.45) is 9.98 Å². The summed E-state index contributed by atoms with van der Waals surface area (Å²) in [6.07, 6.45) is 0. The lowest BCUT2D eigenvalue weighted by molar-refractivity contribution is -0.121. The number of ether oxygens (including phenoxy) is 1. The molecule has 0 aromatic heterocycles. The lowest BCUT2D eigenvalue weighted by atomic mass is 9.93. The van der Waals surface area contributed by atoms with E-state index in [1.807, 2.05) is 61.5 Å². The Kier molecular flexibility index (Phi) is 5.60. The van der Waals surface area contributed by atoms with Crippen molar-refractivity contribution in [2.75, 3.05) is 32.8 Å². The number of amidine groups is 1. The predicted molar refractivity (Wildman–Crippen MR) is 111 cm³/mol. The maximum Gasteiger partial charge on any atom is 0.239 e. The molecule has 0 spiro atoms. The first kappa shape index (κ1) is 18.5. The number of benzene rings is 2. The highest BCUT2D eigenvalue weighted by Crippen LogP contribution is 2.34. The third kappa shape index (κ3) is 4.18. The van der Waals surface area contributed by atoms with Crippen molar-refractivity contribution in [3.8, 4) is 0 Å². The number of amides is 1. The zero-order valence-electron chi connectivity index (χ0n) is 16.0. The summed E-state index contributed by atoms with van der Waals surface area (Å²) in [5.74, 6) is 0.367. The van der Waals surface area contributed by atoms with E-state index in [0.717, 1.165) is 35.7 Å². The molecular weight excluding hydrogens is 352 g/mol. The quantitative estimate of drug-likeness (QED) is 0.895. The Morgan fingerprint density at radius 3 is 2.39 bits per heavy atom. The van der Waals surface area contributed by atoms with Gasteiger partial charge in [-0.2, -0.15) is 0 Å². The van der Waals surface area contributed by atoms with Crippen LogP contribution in [-0.4, -0.2) is 55.2 Å². The van der Waals surface area contributed by atoms with Crippen LogP contribution < -0.4 is 5.32 Å². The van der Waals surface area contributed by atoms with Crippen molar-refractivity contribution >= 4 is 28.8 Å². The number of nitrogens with zero attached hydrogens (tertiary/aromatic N) is 3. The smallest absolute Gasteiger partial charge is 0.239 e. The van der Waals surface area contributed by atoms with Crippen molar-refractivity contribution in [2.45, 2.75) is 12.8 Å². The number of carbonyl (C=O) groups is 1. The van der Waals surface area contributed by atoms with E-state index in [2.05, 4.69) is 10.2 Å². The number of fused-ring (bicyclic) bond motifs is 1. The van der Waals surface area contributed by atoms with Gasteiger partial charge in [0.2, 0.25) is 5.91 Å². The Bertz CT molecular complexity index is 902. The number of hydrogen-bond donors (Lipinski definition) is 1. The molecule has 2 aromatic carbocycles. The van der Waals surface area contributed by atoms with E-state index in [0.29, 0.717) is 25.6 Å². The van der Waals surface area contributed by atoms with Gasteiger partial charge >= 0.3 is 0 Å². The highest BCUT2D eigenvalue weighted by molar-refractivity contribution is 6.17. The molecule has 2 heterocycles. The zero-order valence-corrected chi connectivity index (χ0v) is 16.0. The predicted octanol–water partition coefficient (Wildman–Crippen LogP) is 3.05. The molecule has 1 amide bonds. The van der Waals surface area contributed by atoms with Crippen LogP contribution in [0, 0.1) is 0 Å². The van der Waals surface area contributed by atoms with Gasteiger partial charge in [0.25, 0.3) is 0 Å². The summed E-state index contributed by atoms with van der Waals surface area (Å²) in [5, 5.41) is 3.07. The summed E-state index contributed by atoms with van der Waals surface area (Å²) >= 11 is 0. The molecule has 2 aliphatic heterocycles. The van der Waals surface area contributed by atoms with Crippen LogP contribution in [0.15, 0.2) is 64.6 Å². The molecule has 0 saturated carbocycles. The Morgan fingerprint density at radius 1 is 1.04 bits per heavy atom. The summed E-state index contributed by atoms with van der Waals surface area (Å²) in [7, 11) is 0. The van der Waals surface area contributed by atoms with Crippen LogP contribution in [0.1, 0.15) is 18.4 Å². The summed E-state index contributed by atoms with van der Waals surface area (Å²) in [6, 6.07) is 17.8. The second-order valence-electron chi connectivity index (χ2n) is 7.02. The van der Waals surface area contributed by atoms with E-state index in [1.165, 1.54) is 0 Å². The Labute approximate surface area is 165 Å². The first-order chi connectivity index (χ1) is 13.7. The number of rotatable bonds is 3. The lowest BCUT2D eigenvalue weighted by Gasteiger charge is -2.26. The summed E-state index contributed by atoms with van der Waals surface area (Å²) in [4.78, 5) is 24.5. The maximum absolute atomic E-state index is 12.8. The van der Waals surface area contributed by atoms with Gasteiger partial charge in [-0.25, -0.2) is 4.99 Å². The van der Waals surface area contributed by atoms with Crippen LogP contribution in [-0.2, 0) is 9.53 Å². The molecule has 2 aromatic rings. The van der Waals surface area contributed by atoms with Crippen molar-refractivity contribution in [1.29, 1.82) is 0 Å². The van der Waals surface area contributed by atoms with Gasteiger partial charge in [0, 0.05) is 18.8 Å². The Hall–Kier alpha value is -2.83. The number of hydrogen-bond acceptors (Lipinski definition) is 5. The van der Waals surface area contributed by atoms with E-state index in [-0.39, 0.29) is 11.8 Å². The zero-order chi connectivity index (χ0) is 19.3. The third-order valence-electron chi connectivity index (χ3n) is 4.98. The van der Waals surface area contributed by atoms with Crippen molar-refractivity contribution < 1.29 is 9.53 Å². The van der Waals surface area contributed by atoms with Crippen molar-refractivity contribution in [3.63, 3.8) is 0 Å². The molecule has 1 atom stereocenters. The molecule has 6 heteroatoms. The van der Waals surface area contributed by atoms with Crippen LogP contribution in [0.4, 0.5) is 11.4 Å². The van der Waals surface area contributed by atoms with Gasteiger partial charge in [0.1, 0.15) is 5.84 Å². The fourth-order valence-corrected chi connectivity index (χ4v) is 3.59. The number of nitrogens with one attached hydrogen (secondary N) is 1. The van der Waals surface area contributed by atoms with Crippen LogP contribution >= 0.6 is 0 Å². The number of morpholine rings is 1. The van der Waals surface area contributed by atoms with E-state index in [1.54, 1.807) is 0 Å². The number of carbonyl (C=O) groups excluding carboxylic acids is 1. The number of aliphatic imine (C=N–C) groups is 2. The van der Waals surface area contributed by atoms with Gasteiger partial charge in [-0.15, -0.1) is 0 Å². The fourth-order valence-electron chi connectivity index (χ4n) is 3.59. The molecule has 0 unspecified atom stereocenters. The molecule has 4 rings (SSSR count). The molecule has 2 aliphatic rings. The summed E-state index contributed by atoms with van der Waals surface area (Å²) < 4.78 is 5.36. The Morgan fingerprint density at radius 2 is 1.68 bits per heavy atom. The maximum atomic E-state index is 12.8. The average Bonchev–Trinajstić information content (AvgIpc) is 2.84. The average molecular weight is 376 g/mol. The summed E-state index contributed by atoms with van der Waals surface area (Å²) in [5.41, 5.74) is 3.55. The van der Waals surface area contributed by atoms with E-state index < -0.39 is 0 Å². The minimum Gasteiger partial charge on any atom is -0.379 e. The van der Waals surface area contributed by atoms with Crippen molar-refractivity contribution in [1.82, 2.24) is 10.2 Å². The van der Waals surface area contributed by atoms with Gasteiger partial charge < -0.3 is 10.1 Å². The monoisotopic (exact) mass is 376 g/mol. The van der Waals surface area contributed by atoms with Gasteiger partial charge in [0.05, 0.1) is 37.1 Å². The molecule has 0 bridgehead atoms. The standard InChI is InChI=1S/C22H24N4O2/c1-16-21(17-7-3-2-4-8-17)22(24-19-10-6-5-9-18(19)23-16)25-20(27)15-26-11-13-28-14-12-26/h2-10,21H,11-15H2,1H3,(H,24,25,27)/t21-/m1/s1. The van der Waals surface area contributed by atoms with Crippen LogP contribution in [0.25, 0.3) is 0 Å². The van der Waals surface area contributed by atoms with Gasteiger partial charge in [-0.05, 0) is 24.6 Å². The topological polar surface area (TPSA) is 66.3 Å². The van der Waals surface area contributed by atoms with E-state index in [9.17, 15) is 4.79 Å². The van der Waals surface area contributed by atoms with Crippen LogP contribution in [0.3, 0.4) is 0 Å². The second-order valence-corrected chi connectivity index (χ2v) is 7.02. The second kappa shape index (κ2) is 8.46. The SMILES string of the molecule is CC1=Nc2ccccc2N=C(NC(=O)CN2CCOCC2)[C@H]1c1ccccc1. The largest absolute Gasteiger partial charge is 0.379 e. The van der Waals surface area contributed by atoms with Crippen LogP contribution in [0.5, 0.6) is 0 Å². The minimum absolute atomic E-state index is 0.0613. The molecule has 1 N–H and O–H groups in total. The van der Waals surface area contributed by atoms with Crippen molar-refractivity contribution in [3.05, 3.63) is 60.2 Å². The first-order valence-corrected chi connectivity index (χ1v) is 9.58. The van der Waals surface area contributed by atoms with Crippen LogP contribution in [0.2, 0.25) is 0 Å². The van der Waals surface area contributed by atoms with Gasteiger partial charge in [0.15, 0.2) is 0 Å². The molecule has 6 nitrogen and oxygen atoms in total. The summed E-state index contributed by atoms with van der Waals surface area (Å²) in [6.45, 7) is 5.20. The molecule has 1 saturated heterocycles. The Balaban J connectivity index is 1.65. The first-order valence-electron chi connectivity index (χ1n) is 9.58. The van der Waals surface area contributed by atoms with E-state index >= 15 is 0 Å². The molecular formula is C22H24N4O2. The molecule has 0 aliphatic carbocycles. The lowest BCUT2D eigenvalue weighted by Crippen LogP contribution is -2.46. The highest BCUT2D eigenvalue weighted by atomic mass is 16.5. The third-order valence-corrected chi connectivity index (χ3v) is 4.98. The molecule has 144 valence electrons. The molecule has 0 radical (unpaired) electrons. The van der Waals surface area contributed by atoms with Gasteiger partial charge in [-0.3, -0.25) is 14.7 Å². The van der Waals surface area contributed by atoms with E-state index in [4.69, 9.17) is 14.7 Å².